The number of rotatable bonds is 7. The molecule has 0 aliphatic heterocycles. The summed E-state index contributed by atoms with van der Waals surface area (Å²) < 4.78 is 49.2. The maximum absolute atomic E-state index is 13.9. The normalized spacial score (nSPS) is 12.4. The van der Waals surface area contributed by atoms with E-state index in [1.807, 2.05) is 60.7 Å². The van der Waals surface area contributed by atoms with Gasteiger partial charge < -0.3 is 4.43 Å². The molecular weight excluding hydrogens is 525 g/mol. The zero-order chi connectivity index (χ0) is 28.4. The second kappa shape index (κ2) is 10.6. The van der Waals surface area contributed by atoms with Crippen molar-refractivity contribution in [1.29, 1.82) is 0 Å². The summed E-state index contributed by atoms with van der Waals surface area (Å²) in [5.74, 6) is 0. The molecule has 0 aliphatic carbocycles. The number of nitro benzene ring substituents is 1. The molecule has 0 saturated heterocycles. The Labute approximate surface area is 224 Å². The van der Waals surface area contributed by atoms with Gasteiger partial charge in [-0.3, -0.25) is 19.5 Å². The van der Waals surface area contributed by atoms with Crippen LogP contribution in [0.25, 0.3) is 5.69 Å². The monoisotopic (exact) mass is 552 g/mol. The Kier molecular flexibility index (Phi) is 7.63. The standard InChI is InChI=1S/C29H27F3N2O4Si/c1-28(2,3)39(23-12-6-4-7-13-23,24-14-8-5-9-15-24)38-20-21-11-10-18-33(27(21)35)26-17-16-22(34(36)37)19-25(26)29(30,31)32/h4-19H,20H2,1-3H3. The fourth-order valence-corrected chi connectivity index (χ4v) is 9.39. The van der Waals surface area contributed by atoms with Crippen molar-refractivity contribution < 1.29 is 22.5 Å². The molecule has 0 atom stereocenters. The van der Waals surface area contributed by atoms with Crippen molar-refractivity contribution in [3.8, 4) is 5.69 Å². The minimum Gasteiger partial charge on any atom is -0.403 e. The highest BCUT2D eigenvalue weighted by atomic mass is 28.4. The number of hydrogen-bond donors (Lipinski definition) is 0. The summed E-state index contributed by atoms with van der Waals surface area (Å²) in [4.78, 5) is 23.7. The predicted octanol–water partition coefficient (Wildman–Crippen LogP) is 5.84. The number of nitro groups is 1. The molecule has 1 aromatic heterocycles. The molecule has 10 heteroatoms. The molecule has 6 nitrogen and oxygen atoms in total. The van der Waals surface area contributed by atoms with Crippen LogP contribution in [0.1, 0.15) is 31.9 Å². The van der Waals surface area contributed by atoms with Crippen LogP contribution in [0.2, 0.25) is 5.04 Å². The summed E-state index contributed by atoms with van der Waals surface area (Å²) in [5, 5.41) is 12.7. The number of benzene rings is 3. The molecule has 0 radical (unpaired) electrons. The molecule has 4 aromatic rings. The van der Waals surface area contributed by atoms with E-state index in [0.717, 1.165) is 27.1 Å². The van der Waals surface area contributed by atoms with Crippen LogP contribution in [0.4, 0.5) is 18.9 Å². The van der Waals surface area contributed by atoms with Gasteiger partial charge in [0.2, 0.25) is 0 Å². The van der Waals surface area contributed by atoms with Crippen molar-refractivity contribution in [1.82, 2.24) is 4.57 Å². The fraction of sp³-hybridized carbons (Fsp3) is 0.207. The third-order valence-electron chi connectivity index (χ3n) is 6.64. The molecule has 0 aliphatic rings. The highest BCUT2D eigenvalue weighted by Crippen LogP contribution is 2.38. The van der Waals surface area contributed by atoms with E-state index in [4.69, 9.17) is 4.43 Å². The topological polar surface area (TPSA) is 74.4 Å². The lowest BCUT2D eigenvalue weighted by atomic mass is 10.1. The summed E-state index contributed by atoms with van der Waals surface area (Å²) in [6.07, 6.45) is -3.70. The van der Waals surface area contributed by atoms with Crippen LogP contribution >= 0.6 is 0 Å². The van der Waals surface area contributed by atoms with E-state index < -0.39 is 41.9 Å². The molecule has 0 unspecified atom stereocenters. The van der Waals surface area contributed by atoms with Gasteiger partial charge in [0.15, 0.2) is 0 Å². The first-order valence-electron chi connectivity index (χ1n) is 12.2. The van der Waals surface area contributed by atoms with Crippen molar-refractivity contribution >= 4 is 24.4 Å². The number of non-ortho nitro benzene ring substituents is 1. The van der Waals surface area contributed by atoms with Crippen LogP contribution in [0.5, 0.6) is 0 Å². The Bertz CT molecular complexity index is 1490. The van der Waals surface area contributed by atoms with E-state index in [1.54, 1.807) is 0 Å². The number of aromatic nitrogens is 1. The molecule has 202 valence electrons. The first-order valence-corrected chi connectivity index (χ1v) is 14.1. The minimum atomic E-state index is -4.91. The lowest BCUT2D eigenvalue weighted by molar-refractivity contribution is -0.385. The highest BCUT2D eigenvalue weighted by Gasteiger charge is 2.50. The van der Waals surface area contributed by atoms with Crippen LogP contribution in [0, 0.1) is 10.1 Å². The number of pyridine rings is 1. The Morgan fingerprint density at radius 3 is 1.92 bits per heavy atom. The Balaban J connectivity index is 1.83. The van der Waals surface area contributed by atoms with Gasteiger partial charge in [-0.15, -0.1) is 0 Å². The van der Waals surface area contributed by atoms with E-state index >= 15 is 0 Å². The molecule has 0 saturated carbocycles. The van der Waals surface area contributed by atoms with E-state index in [9.17, 15) is 28.1 Å². The maximum Gasteiger partial charge on any atom is 0.418 e. The molecular formula is C29H27F3N2O4Si. The summed E-state index contributed by atoms with van der Waals surface area (Å²) >= 11 is 0. The van der Waals surface area contributed by atoms with Crippen LogP contribution < -0.4 is 15.9 Å². The van der Waals surface area contributed by atoms with Gasteiger partial charge in [0, 0.05) is 23.9 Å². The SMILES string of the molecule is CC(C)(C)[Si](OCc1cccn(-c2ccc([N+](=O)[O-])cc2C(F)(F)F)c1=O)(c1ccccc1)c1ccccc1. The number of alkyl halides is 3. The van der Waals surface area contributed by atoms with Crippen LogP contribution in [-0.2, 0) is 17.2 Å². The summed E-state index contributed by atoms with van der Waals surface area (Å²) in [6.45, 7) is 6.10. The lowest BCUT2D eigenvalue weighted by Gasteiger charge is -2.43. The van der Waals surface area contributed by atoms with Gasteiger partial charge in [-0.05, 0) is 33.6 Å². The number of hydrogen-bond acceptors (Lipinski definition) is 4. The molecule has 0 amide bonds. The molecule has 4 rings (SSSR count). The van der Waals surface area contributed by atoms with E-state index in [2.05, 4.69) is 20.8 Å². The first kappa shape index (κ1) is 28.0. The molecule has 1 heterocycles. The first-order chi connectivity index (χ1) is 18.4. The zero-order valence-corrected chi connectivity index (χ0v) is 22.6. The zero-order valence-electron chi connectivity index (χ0n) is 21.6. The van der Waals surface area contributed by atoms with Crippen molar-refractivity contribution in [2.45, 2.75) is 38.6 Å². The minimum absolute atomic E-state index is 0.138. The summed E-state index contributed by atoms with van der Waals surface area (Å²) in [7, 11) is -3.02. The lowest BCUT2D eigenvalue weighted by Crippen LogP contribution is -2.66. The smallest absolute Gasteiger partial charge is 0.403 e. The van der Waals surface area contributed by atoms with Crippen molar-refractivity contribution in [3.63, 3.8) is 0 Å². The van der Waals surface area contributed by atoms with Crippen LogP contribution in [0.3, 0.4) is 0 Å². The Morgan fingerprint density at radius 2 is 1.44 bits per heavy atom. The van der Waals surface area contributed by atoms with Gasteiger partial charge in [-0.1, -0.05) is 81.4 Å². The fourth-order valence-electron chi connectivity index (χ4n) is 4.86. The second-order valence-electron chi connectivity index (χ2n) is 10.1. The van der Waals surface area contributed by atoms with Gasteiger partial charge in [0.1, 0.15) is 0 Å². The molecule has 0 spiro atoms. The van der Waals surface area contributed by atoms with Crippen molar-refractivity contribution in [2.75, 3.05) is 0 Å². The predicted molar refractivity (Wildman–Crippen MR) is 146 cm³/mol. The summed E-state index contributed by atoms with van der Waals surface area (Å²) in [5.41, 5.74) is -3.02. The molecule has 39 heavy (non-hydrogen) atoms. The van der Waals surface area contributed by atoms with Crippen molar-refractivity contribution in [3.05, 3.63) is 129 Å². The molecule has 0 bridgehead atoms. The summed E-state index contributed by atoms with van der Waals surface area (Å²) in [6, 6.07) is 24.9. The number of nitrogens with zero attached hydrogens (tertiary/aromatic N) is 2. The second-order valence-corrected chi connectivity index (χ2v) is 14.4. The largest absolute Gasteiger partial charge is 0.418 e. The highest BCUT2D eigenvalue weighted by molar-refractivity contribution is 6.99. The van der Waals surface area contributed by atoms with Gasteiger partial charge in [0.25, 0.3) is 19.6 Å². The van der Waals surface area contributed by atoms with E-state index in [-0.39, 0.29) is 17.2 Å². The van der Waals surface area contributed by atoms with E-state index in [0.29, 0.717) is 6.07 Å². The van der Waals surface area contributed by atoms with Crippen LogP contribution in [-0.4, -0.2) is 17.8 Å². The third-order valence-corrected chi connectivity index (χ3v) is 11.6. The third kappa shape index (κ3) is 5.43. The van der Waals surface area contributed by atoms with E-state index in [1.165, 1.54) is 18.3 Å². The number of halogens is 3. The van der Waals surface area contributed by atoms with Crippen molar-refractivity contribution in [2.24, 2.45) is 0 Å². The van der Waals surface area contributed by atoms with Gasteiger partial charge in [-0.2, -0.15) is 13.2 Å². The average Bonchev–Trinajstić information content (AvgIpc) is 2.89. The maximum atomic E-state index is 13.9. The Morgan fingerprint density at radius 1 is 0.872 bits per heavy atom. The Hall–Kier alpha value is -4.02. The quantitative estimate of drug-likeness (QED) is 0.164. The van der Waals surface area contributed by atoms with Gasteiger partial charge >= 0.3 is 6.18 Å². The van der Waals surface area contributed by atoms with Gasteiger partial charge in [-0.25, -0.2) is 0 Å². The average molecular weight is 553 g/mol. The molecule has 3 aromatic carbocycles. The van der Waals surface area contributed by atoms with Crippen LogP contribution in [0.15, 0.2) is 102 Å². The molecule has 0 N–H and O–H groups in total. The van der Waals surface area contributed by atoms with Gasteiger partial charge in [0.05, 0.1) is 22.8 Å². The molecule has 0 fully saturated rings.